The normalized spacial score (nSPS) is 17.8. The molecule has 1 aromatic heterocycles. The van der Waals surface area contributed by atoms with Gasteiger partial charge in [-0.3, -0.25) is 9.59 Å². The van der Waals surface area contributed by atoms with E-state index in [2.05, 4.69) is 17.1 Å². The number of H-pyrrole nitrogens is 1. The van der Waals surface area contributed by atoms with Gasteiger partial charge in [-0.15, -0.1) is 0 Å². The number of hydrogen-bond acceptors (Lipinski definition) is 3. The molecule has 1 fully saturated rings. The van der Waals surface area contributed by atoms with E-state index in [4.69, 9.17) is 0 Å². The van der Waals surface area contributed by atoms with Crippen molar-refractivity contribution in [3.05, 3.63) is 33.4 Å². The van der Waals surface area contributed by atoms with E-state index in [9.17, 15) is 9.59 Å². The van der Waals surface area contributed by atoms with Gasteiger partial charge in [-0.1, -0.05) is 17.4 Å². The maximum Gasteiger partial charge on any atom is 0.305 e. The van der Waals surface area contributed by atoms with Gasteiger partial charge in [-0.25, -0.2) is 0 Å². The summed E-state index contributed by atoms with van der Waals surface area (Å²) in [4.78, 5) is 25.2. The van der Waals surface area contributed by atoms with E-state index in [-0.39, 0.29) is 4.87 Å². The summed E-state index contributed by atoms with van der Waals surface area (Å²) in [7, 11) is 0. The standard InChI is InChI=1S/C13H13NO2S/c15-10-4-1-8(2-5-10)9-3-6-11-12(7-9)17-13(16)14-11/h3,6-8H,1-2,4-5H2,(H,14,16). The van der Waals surface area contributed by atoms with Crippen LogP contribution in [0.2, 0.25) is 0 Å². The average molecular weight is 247 g/mol. The molecule has 1 aromatic carbocycles. The van der Waals surface area contributed by atoms with Gasteiger partial charge in [-0.2, -0.15) is 0 Å². The summed E-state index contributed by atoms with van der Waals surface area (Å²) in [5, 5.41) is 0. The van der Waals surface area contributed by atoms with Crippen LogP contribution < -0.4 is 4.87 Å². The Kier molecular flexibility index (Phi) is 2.59. The van der Waals surface area contributed by atoms with E-state index in [1.165, 1.54) is 16.9 Å². The Bertz CT molecular complexity index is 616. The van der Waals surface area contributed by atoms with Gasteiger partial charge in [0, 0.05) is 12.8 Å². The molecule has 4 heteroatoms. The zero-order chi connectivity index (χ0) is 11.8. The van der Waals surface area contributed by atoms with Crippen molar-refractivity contribution in [3.63, 3.8) is 0 Å². The number of carbonyl (C=O) groups is 1. The number of carbonyl (C=O) groups excluding carboxylic acids is 1. The highest BCUT2D eigenvalue weighted by molar-refractivity contribution is 7.16. The fourth-order valence-electron chi connectivity index (χ4n) is 2.49. The molecule has 0 amide bonds. The predicted octanol–water partition coefficient (Wildman–Crippen LogP) is 2.82. The van der Waals surface area contributed by atoms with Gasteiger partial charge in [0.15, 0.2) is 0 Å². The fraction of sp³-hybridized carbons (Fsp3) is 0.385. The van der Waals surface area contributed by atoms with Gasteiger partial charge in [0.2, 0.25) is 0 Å². The second-order valence-electron chi connectivity index (χ2n) is 4.58. The molecule has 3 rings (SSSR count). The fourth-order valence-corrected chi connectivity index (χ4v) is 3.27. The van der Waals surface area contributed by atoms with Gasteiger partial charge in [0.05, 0.1) is 10.2 Å². The molecule has 1 aliphatic rings. The molecule has 1 aliphatic carbocycles. The molecule has 0 bridgehead atoms. The molecule has 0 saturated heterocycles. The van der Waals surface area contributed by atoms with Crippen molar-refractivity contribution in [1.82, 2.24) is 4.98 Å². The highest BCUT2D eigenvalue weighted by atomic mass is 32.1. The maximum atomic E-state index is 11.2. The summed E-state index contributed by atoms with van der Waals surface area (Å²) < 4.78 is 1.02. The maximum absolute atomic E-state index is 11.2. The predicted molar refractivity (Wildman–Crippen MR) is 68.7 cm³/mol. The van der Waals surface area contributed by atoms with Crippen molar-refractivity contribution in [1.29, 1.82) is 0 Å². The number of aromatic nitrogens is 1. The van der Waals surface area contributed by atoms with Crippen molar-refractivity contribution in [2.75, 3.05) is 0 Å². The summed E-state index contributed by atoms with van der Waals surface area (Å²) in [5.41, 5.74) is 2.18. The van der Waals surface area contributed by atoms with E-state index in [1.807, 2.05) is 6.07 Å². The highest BCUT2D eigenvalue weighted by Crippen LogP contribution is 2.32. The van der Waals surface area contributed by atoms with Crippen LogP contribution >= 0.6 is 11.3 Å². The number of fused-ring (bicyclic) bond motifs is 1. The molecule has 1 saturated carbocycles. The first-order valence-corrected chi connectivity index (χ1v) is 6.68. The van der Waals surface area contributed by atoms with Crippen LogP contribution in [0.1, 0.15) is 37.2 Å². The van der Waals surface area contributed by atoms with Crippen molar-refractivity contribution >= 4 is 27.3 Å². The van der Waals surface area contributed by atoms with Gasteiger partial charge >= 0.3 is 4.87 Å². The molecule has 0 radical (unpaired) electrons. The van der Waals surface area contributed by atoms with E-state index in [0.717, 1.165) is 23.1 Å². The van der Waals surface area contributed by atoms with Crippen LogP contribution in [0.15, 0.2) is 23.0 Å². The van der Waals surface area contributed by atoms with Crippen LogP contribution in [0.5, 0.6) is 0 Å². The number of benzene rings is 1. The summed E-state index contributed by atoms with van der Waals surface area (Å²) in [6.07, 6.45) is 3.30. The number of aromatic amines is 1. The molecular formula is C13H13NO2S. The monoisotopic (exact) mass is 247 g/mol. The smallest absolute Gasteiger partial charge is 0.305 e. The van der Waals surface area contributed by atoms with Crippen LogP contribution in [0, 0.1) is 0 Å². The zero-order valence-electron chi connectivity index (χ0n) is 9.36. The molecular weight excluding hydrogens is 234 g/mol. The third-order valence-corrected chi connectivity index (χ3v) is 4.30. The molecule has 2 aromatic rings. The SMILES string of the molecule is O=C1CCC(c2ccc3[nH]c(=O)sc3c2)CC1. The van der Waals surface area contributed by atoms with Crippen molar-refractivity contribution < 1.29 is 4.79 Å². The van der Waals surface area contributed by atoms with Crippen LogP contribution in [-0.2, 0) is 4.79 Å². The number of ketones is 1. The van der Waals surface area contributed by atoms with E-state index < -0.39 is 0 Å². The lowest BCUT2D eigenvalue weighted by Crippen LogP contribution is -2.12. The van der Waals surface area contributed by atoms with Gasteiger partial charge in [0.25, 0.3) is 0 Å². The summed E-state index contributed by atoms with van der Waals surface area (Å²) >= 11 is 1.25. The van der Waals surface area contributed by atoms with Gasteiger partial charge in [0.1, 0.15) is 5.78 Å². The summed E-state index contributed by atoms with van der Waals surface area (Å²) in [6.45, 7) is 0. The summed E-state index contributed by atoms with van der Waals surface area (Å²) in [5.74, 6) is 0.864. The second kappa shape index (κ2) is 4.11. The Morgan fingerprint density at radius 2 is 1.94 bits per heavy atom. The lowest BCUT2D eigenvalue weighted by Gasteiger charge is -2.21. The lowest BCUT2D eigenvalue weighted by atomic mass is 9.83. The molecule has 0 aliphatic heterocycles. The van der Waals surface area contributed by atoms with Crippen molar-refractivity contribution in [2.24, 2.45) is 0 Å². The Labute approximate surface area is 102 Å². The summed E-state index contributed by atoms with van der Waals surface area (Å²) in [6, 6.07) is 6.14. The number of hydrogen-bond donors (Lipinski definition) is 1. The van der Waals surface area contributed by atoms with E-state index in [0.29, 0.717) is 24.5 Å². The molecule has 1 N–H and O–H groups in total. The molecule has 0 unspecified atom stereocenters. The van der Waals surface area contributed by atoms with Crippen LogP contribution in [0.3, 0.4) is 0 Å². The minimum Gasteiger partial charge on any atom is -0.312 e. The van der Waals surface area contributed by atoms with Crippen molar-refractivity contribution in [3.8, 4) is 0 Å². The number of thiazole rings is 1. The largest absolute Gasteiger partial charge is 0.312 e. The average Bonchev–Trinajstić information content (AvgIpc) is 2.69. The Hall–Kier alpha value is -1.42. The minimum absolute atomic E-state index is 0.00373. The van der Waals surface area contributed by atoms with Gasteiger partial charge in [-0.05, 0) is 36.5 Å². The minimum atomic E-state index is -0.00373. The topological polar surface area (TPSA) is 49.9 Å². The van der Waals surface area contributed by atoms with Crippen LogP contribution in [0.25, 0.3) is 10.2 Å². The first-order chi connectivity index (χ1) is 8.22. The van der Waals surface area contributed by atoms with Gasteiger partial charge < -0.3 is 4.98 Å². The van der Waals surface area contributed by atoms with E-state index >= 15 is 0 Å². The third-order valence-electron chi connectivity index (χ3n) is 3.46. The number of nitrogens with one attached hydrogen (secondary N) is 1. The Morgan fingerprint density at radius 1 is 1.18 bits per heavy atom. The third kappa shape index (κ3) is 2.05. The first-order valence-electron chi connectivity index (χ1n) is 5.87. The Morgan fingerprint density at radius 3 is 2.71 bits per heavy atom. The zero-order valence-corrected chi connectivity index (χ0v) is 10.2. The Balaban J connectivity index is 1.94. The second-order valence-corrected chi connectivity index (χ2v) is 5.60. The van der Waals surface area contributed by atoms with Crippen LogP contribution in [-0.4, -0.2) is 10.8 Å². The molecule has 3 nitrogen and oxygen atoms in total. The van der Waals surface area contributed by atoms with E-state index in [1.54, 1.807) is 0 Å². The molecule has 17 heavy (non-hydrogen) atoms. The number of Topliss-reactive ketones (excluding diaryl/α,β-unsaturated/α-hetero) is 1. The first kappa shape index (κ1) is 10.7. The van der Waals surface area contributed by atoms with Crippen molar-refractivity contribution in [2.45, 2.75) is 31.6 Å². The molecule has 0 atom stereocenters. The number of rotatable bonds is 1. The molecule has 0 spiro atoms. The molecule has 88 valence electrons. The van der Waals surface area contributed by atoms with Crippen LogP contribution in [0.4, 0.5) is 0 Å². The lowest BCUT2D eigenvalue weighted by molar-refractivity contribution is -0.120. The highest BCUT2D eigenvalue weighted by Gasteiger charge is 2.20. The molecule has 1 heterocycles. The quantitative estimate of drug-likeness (QED) is 0.842.